The average Bonchev–Trinajstić information content (AvgIpc) is 3.26. The van der Waals surface area contributed by atoms with Gasteiger partial charge in [-0.3, -0.25) is 9.59 Å². The Kier molecular flexibility index (Phi) is 7.92. The van der Waals surface area contributed by atoms with Crippen molar-refractivity contribution in [1.82, 2.24) is 15.5 Å². The molecule has 1 atom stereocenters. The van der Waals surface area contributed by atoms with Crippen molar-refractivity contribution in [2.24, 2.45) is 0 Å². The summed E-state index contributed by atoms with van der Waals surface area (Å²) in [6.07, 6.45) is 2.04. The zero-order chi connectivity index (χ0) is 22.1. The van der Waals surface area contributed by atoms with Crippen LogP contribution >= 0.6 is 0 Å². The molecule has 1 amide bonds. The van der Waals surface area contributed by atoms with Crippen molar-refractivity contribution in [3.63, 3.8) is 0 Å². The van der Waals surface area contributed by atoms with E-state index in [2.05, 4.69) is 22.4 Å². The highest BCUT2D eigenvalue weighted by atomic mass is 16.5. The lowest BCUT2D eigenvalue weighted by Gasteiger charge is -2.18. The predicted molar refractivity (Wildman–Crippen MR) is 116 cm³/mol. The second-order valence-corrected chi connectivity index (χ2v) is 7.35. The maximum absolute atomic E-state index is 12.2. The summed E-state index contributed by atoms with van der Waals surface area (Å²) in [5.41, 5.74) is 2.99. The van der Waals surface area contributed by atoms with Gasteiger partial charge in [0.15, 0.2) is 6.61 Å². The van der Waals surface area contributed by atoms with Crippen LogP contribution in [0.15, 0.2) is 59.0 Å². The van der Waals surface area contributed by atoms with Gasteiger partial charge in [0, 0.05) is 12.0 Å². The lowest BCUT2D eigenvalue weighted by Crippen LogP contribution is -2.32. The van der Waals surface area contributed by atoms with E-state index in [0.717, 1.165) is 29.5 Å². The summed E-state index contributed by atoms with van der Waals surface area (Å²) in [6.45, 7) is 3.74. The minimum absolute atomic E-state index is 0.0554. The van der Waals surface area contributed by atoms with E-state index in [9.17, 15) is 9.59 Å². The number of nitrogens with zero attached hydrogens (tertiary/aromatic N) is 2. The zero-order valence-electron chi connectivity index (χ0n) is 17.8. The Morgan fingerprint density at radius 2 is 1.81 bits per heavy atom. The zero-order valence-corrected chi connectivity index (χ0v) is 17.8. The van der Waals surface area contributed by atoms with Gasteiger partial charge in [0.1, 0.15) is 0 Å². The fraction of sp³-hybridized carbons (Fsp3) is 0.333. The van der Waals surface area contributed by atoms with Crippen molar-refractivity contribution in [1.29, 1.82) is 0 Å². The van der Waals surface area contributed by atoms with Gasteiger partial charge in [-0.05, 0) is 31.0 Å². The van der Waals surface area contributed by atoms with Crippen LogP contribution in [-0.4, -0.2) is 28.7 Å². The van der Waals surface area contributed by atoms with E-state index >= 15 is 0 Å². The second kappa shape index (κ2) is 11.1. The molecule has 1 aromatic heterocycles. The predicted octanol–water partition coefficient (Wildman–Crippen LogP) is 4.18. The maximum atomic E-state index is 12.2. The number of carbonyl (C=O) groups is 2. The molecule has 162 valence electrons. The van der Waals surface area contributed by atoms with E-state index in [1.807, 2.05) is 61.5 Å². The number of aromatic nitrogens is 2. The monoisotopic (exact) mass is 421 g/mol. The number of aryl methyl sites for hydroxylation is 2. The van der Waals surface area contributed by atoms with Gasteiger partial charge in [-0.15, -0.1) is 10.2 Å². The molecule has 0 bridgehead atoms. The molecule has 0 aliphatic heterocycles. The molecule has 0 aliphatic carbocycles. The molecule has 3 rings (SSSR count). The van der Waals surface area contributed by atoms with E-state index in [-0.39, 0.29) is 31.4 Å². The highest BCUT2D eigenvalue weighted by molar-refractivity contribution is 5.80. The molecule has 1 heterocycles. The largest absolute Gasteiger partial charge is 0.456 e. The van der Waals surface area contributed by atoms with Crippen molar-refractivity contribution in [2.75, 3.05) is 6.61 Å². The Labute approximate surface area is 181 Å². The van der Waals surface area contributed by atoms with Gasteiger partial charge in [0.2, 0.25) is 11.8 Å². The highest BCUT2D eigenvalue weighted by Gasteiger charge is 2.16. The van der Waals surface area contributed by atoms with Crippen LogP contribution in [0.5, 0.6) is 0 Å². The minimum atomic E-state index is -0.489. The van der Waals surface area contributed by atoms with Crippen molar-refractivity contribution in [2.45, 2.75) is 45.6 Å². The summed E-state index contributed by atoms with van der Waals surface area (Å²) >= 11 is 0. The molecule has 0 saturated carbocycles. The summed E-state index contributed by atoms with van der Waals surface area (Å²) in [5.74, 6) is -0.0539. The summed E-state index contributed by atoms with van der Waals surface area (Å²) in [6, 6.07) is 17.4. The summed E-state index contributed by atoms with van der Waals surface area (Å²) < 4.78 is 10.7. The first kappa shape index (κ1) is 22.2. The molecule has 1 N–H and O–H groups in total. The summed E-state index contributed by atoms with van der Waals surface area (Å²) in [5, 5.41) is 10.9. The first-order valence-electron chi connectivity index (χ1n) is 10.4. The summed E-state index contributed by atoms with van der Waals surface area (Å²) in [7, 11) is 0. The van der Waals surface area contributed by atoms with Crippen LogP contribution in [0.3, 0.4) is 0 Å². The Morgan fingerprint density at radius 1 is 1.06 bits per heavy atom. The number of hydrogen-bond acceptors (Lipinski definition) is 6. The molecule has 0 aliphatic rings. The van der Waals surface area contributed by atoms with Gasteiger partial charge in [-0.1, -0.05) is 61.4 Å². The number of hydrogen-bond donors (Lipinski definition) is 1. The van der Waals surface area contributed by atoms with Crippen LogP contribution in [0.2, 0.25) is 0 Å². The highest BCUT2D eigenvalue weighted by Crippen LogP contribution is 2.19. The van der Waals surface area contributed by atoms with E-state index in [1.54, 1.807) is 0 Å². The molecule has 7 nitrogen and oxygen atoms in total. The molecule has 0 saturated heterocycles. The van der Waals surface area contributed by atoms with Gasteiger partial charge in [-0.2, -0.15) is 0 Å². The van der Waals surface area contributed by atoms with Crippen molar-refractivity contribution in [3.05, 3.63) is 71.6 Å². The van der Waals surface area contributed by atoms with Crippen LogP contribution in [0.1, 0.15) is 49.2 Å². The number of rotatable bonds is 10. The van der Waals surface area contributed by atoms with Crippen LogP contribution in [0.25, 0.3) is 11.5 Å². The minimum Gasteiger partial charge on any atom is -0.456 e. The molecule has 31 heavy (non-hydrogen) atoms. The number of carbonyl (C=O) groups excluding carboxylic acids is 2. The molecule has 0 radical (unpaired) electrons. The number of ether oxygens (including phenoxy) is 1. The SMILES string of the molecule is CCCC(NC(=O)COC(=O)CCc1nnc(-c2ccc(C)cc2)o1)c1ccccc1. The Balaban J connectivity index is 1.43. The molecule has 0 spiro atoms. The molecular formula is C24H27N3O4. The Bertz CT molecular complexity index is 984. The van der Waals surface area contributed by atoms with Crippen LogP contribution in [0.4, 0.5) is 0 Å². The molecule has 7 heteroatoms. The van der Waals surface area contributed by atoms with E-state index in [1.165, 1.54) is 0 Å². The fourth-order valence-corrected chi connectivity index (χ4v) is 3.13. The number of nitrogens with one attached hydrogen (secondary N) is 1. The number of benzene rings is 2. The number of esters is 1. The first-order chi connectivity index (χ1) is 15.0. The normalized spacial score (nSPS) is 11.7. The van der Waals surface area contributed by atoms with Gasteiger partial charge < -0.3 is 14.5 Å². The average molecular weight is 421 g/mol. The van der Waals surface area contributed by atoms with Crippen molar-refractivity contribution < 1.29 is 18.7 Å². The smallest absolute Gasteiger partial charge is 0.306 e. The third-order valence-electron chi connectivity index (χ3n) is 4.79. The van der Waals surface area contributed by atoms with Crippen LogP contribution in [0, 0.1) is 6.92 Å². The van der Waals surface area contributed by atoms with Crippen LogP contribution < -0.4 is 5.32 Å². The first-order valence-corrected chi connectivity index (χ1v) is 10.4. The van der Waals surface area contributed by atoms with Crippen LogP contribution in [-0.2, 0) is 20.7 Å². The van der Waals surface area contributed by atoms with Gasteiger partial charge in [-0.25, -0.2) is 0 Å². The topological polar surface area (TPSA) is 94.3 Å². The van der Waals surface area contributed by atoms with E-state index in [0.29, 0.717) is 11.8 Å². The standard InChI is InChI=1S/C24H27N3O4/c1-3-7-20(18-8-5-4-6-9-18)25-21(28)16-30-23(29)15-14-22-26-27-24(31-22)19-12-10-17(2)11-13-19/h4-6,8-13,20H,3,7,14-16H2,1-2H3,(H,25,28). The van der Waals surface area contributed by atoms with Gasteiger partial charge in [0.25, 0.3) is 5.91 Å². The molecule has 2 aromatic carbocycles. The third kappa shape index (κ3) is 6.77. The van der Waals surface area contributed by atoms with Crippen molar-refractivity contribution >= 4 is 11.9 Å². The molecule has 1 unspecified atom stereocenters. The van der Waals surface area contributed by atoms with Gasteiger partial charge >= 0.3 is 5.97 Å². The quantitative estimate of drug-likeness (QED) is 0.494. The molecule has 0 fully saturated rings. The maximum Gasteiger partial charge on any atom is 0.306 e. The lowest BCUT2D eigenvalue weighted by molar-refractivity contribution is -0.148. The van der Waals surface area contributed by atoms with Crippen molar-refractivity contribution in [3.8, 4) is 11.5 Å². The Hall–Kier alpha value is -3.48. The molecular weight excluding hydrogens is 394 g/mol. The second-order valence-electron chi connectivity index (χ2n) is 7.35. The Morgan fingerprint density at radius 3 is 2.52 bits per heavy atom. The fourth-order valence-electron chi connectivity index (χ4n) is 3.13. The number of amides is 1. The van der Waals surface area contributed by atoms with Gasteiger partial charge in [0.05, 0.1) is 12.5 Å². The van der Waals surface area contributed by atoms with E-state index < -0.39 is 5.97 Å². The van der Waals surface area contributed by atoms with E-state index in [4.69, 9.17) is 9.15 Å². The molecule has 3 aromatic rings. The summed E-state index contributed by atoms with van der Waals surface area (Å²) in [4.78, 5) is 24.3. The lowest BCUT2D eigenvalue weighted by atomic mass is 10.0. The third-order valence-corrected chi connectivity index (χ3v) is 4.79.